The van der Waals surface area contributed by atoms with Crippen LogP contribution in [0.15, 0.2) is 18.3 Å². The lowest BCUT2D eigenvalue weighted by atomic mass is 9.94. The summed E-state index contributed by atoms with van der Waals surface area (Å²) in [5, 5.41) is 8.85. The Hall–Kier alpha value is -1.60. The van der Waals surface area contributed by atoms with Gasteiger partial charge in [0.15, 0.2) is 0 Å². The summed E-state index contributed by atoms with van der Waals surface area (Å²) in [4.78, 5) is 6.34. The summed E-state index contributed by atoms with van der Waals surface area (Å²) in [6.07, 6.45) is 5.27. The lowest BCUT2D eigenvalue weighted by Gasteiger charge is -2.34. The van der Waals surface area contributed by atoms with Crippen LogP contribution in [0.25, 0.3) is 0 Å². The van der Waals surface area contributed by atoms with Crippen molar-refractivity contribution in [3.63, 3.8) is 0 Å². The van der Waals surface area contributed by atoms with Crippen molar-refractivity contribution >= 4 is 5.69 Å². The second-order valence-electron chi connectivity index (χ2n) is 4.54. The molecule has 2 N–H and O–H groups in total. The van der Waals surface area contributed by atoms with Gasteiger partial charge in [-0.2, -0.15) is 5.26 Å². The van der Waals surface area contributed by atoms with E-state index in [4.69, 9.17) is 11.0 Å². The minimum atomic E-state index is 0.489. The molecule has 1 atom stereocenters. The lowest BCUT2D eigenvalue weighted by molar-refractivity contribution is 0.396. The normalized spacial score (nSPS) is 20.0. The van der Waals surface area contributed by atoms with Crippen molar-refractivity contribution in [2.45, 2.75) is 19.3 Å². The second kappa shape index (κ2) is 5.65. The van der Waals surface area contributed by atoms with Crippen molar-refractivity contribution in [1.82, 2.24) is 4.98 Å². The molecule has 1 fully saturated rings. The number of nitrogens with zero attached hydrogens (tertiary/aromatic N) is 3. The van der Waals surface area contributed by atoms with Crippen molar-refractivity contribution in [3.8, 4) is 6.07 Å². The SMILES string of the molecule is N#Cc1cc(N2CCCC(CCN)C2)ccn1. The van der Waals surface area contributed by atoms with Gasteiger partial charge in [0.25, 0.3) is 0 Å². The van der Waals surface area contributed by atoms with E-state index in [2.05, 4.69) is 16.0 Å². The summed E-state index contributed by atoms with van der Waals surface area (Å²) in [6, 6.07) is 5.93. The van der Waals surface area contributed by atoms with Crippen molar-refractivity contribution in [3.05, 3.63) is 24.0 Å². The molecule has 1 saturated heterocycles. The van der Waals surface area contributed by atoms with E-state index in [1.807, 2.05) is 12.1 Å². The third kappa shape index (κ3) is 2.95. The van der Waals surface area contributed by atoms with E-state index in [9.17, 15) is 0 Å². The molecule has 4 nitrogen and oxygen atoms in total. The number of hydrogen-bond donors (Lipinski definition) is 1. The Morgan fingerprint density at radius 1 is 1.59 bits per heavy atom. The monoisotopic (exact) mass is 230 g/mol. The van der Waals surface area contributed by atoms with Gasteiger partial charge in [0.1, 0.15) is 11.8 Å². The van der Waals surface area contributed by atoms with Crippen molar-refractivity contribution in [2.75, 3.05) is 24.5 Å². The fourth-order valence-corrected chi connectivity index (χ4v) is 2.45. The molecular weight excluding hydrogens is 212 g/mol. The number of hydrogen-bond acceptors (Lipinski definition) is 4. The Balaban J connectivity index is 2.08. The van der Waals surface area contributed by atoms with E-state index in [1.54, 1.807) is 6.20 Å². The maximum absolute atomic E-state index is 8.85. The van der Waals surface area contributed by atoms with Crippen LogP contribution < -0.4 is 10.6 Å². The third-order valence-corrected chi connectivity index (χ3v) is 3.32. The Morgan fingerprint density at radius 2 is 2.47 bits per heavy atom. The molecule has 0 spiro atoms. The average Bonchev–Trinajstić information content (AvgIpc) is 2.40. The molecule has 2 heterocycles. The van der Waals surface area contributed by atoms with E-state index < -0.39 is 0 Å². The number of pyridine rings is 1. The zero-order chi connectivity index (χ0) is 12.1. The van der Waals surface area contributed by atoms with Crippen LogP contribution in [0.2, 0.25) is 0 Å². The van der Waals surface area contributed by atoms with Crippen LogP contribution in [-0.4, -0.2) is 24.6 Å². The predicted molar refractivity (Wildman–Crippen MR) is 67.6 cm³/mol. The quantitative estimate of drug-likeness (QED) is 0.855. The number of piperidine rings is 1. The standard InChI is InChI=1S/C13H18N4/c14-5-3-11-2-1-7-17(10-11)13-4-6-16-12(8-13)9-15/h4,6,8,11H,1-3,5,7,10,14H2. The fraction of sp³-hybridized carbons (Fsp3) is 0.538. The van der Waals surface area contributed by atoms with Crippen LogP contribution in [0.5, 0.6) is 0 Å². The molecule has 0 bridgehead atoms. The third-order valence-electron chi connectivity index (χ3n) is 3.32. The smallest absolute Gasteiger partial charge is 0.142 e. The van der Waals surface area contributed by atoms with E-state index in [1.165, 1.54) is 12.8 Å². The summed E-state index contributed by atoms with van der Waals surface area (Å²) in [5.41, 5.74) is 7.22. The number of rotatable bonds is 3. The first kappa shape index (κ1) is 11.9. The fourth-order valence-electron chi connectivity index (χ4n) is 2.45. The van der Waals surface area contributed by atoms with E-state index >= 15 is 0 Å². The largest absolute Gasteiger partial charge is 0.371 e. The van der Waals surface area contributed by atoms with Gasteiger partial charge < -0.3 is 10.6 Å². The van der Waals surface area contributed by atoms with E-state index in [0.717, 1.165) is 31.7 Å². The molecule has 0 saturated carbocycles. The van der Waals surface area contributed by atoms with Gasteiger partial charge >= 0.3 is 0 Å². The van der Waals surface area contributed by atoms with Gasteiger partial charge in [-0.1, -0.05) is 0 Å². The van der Waals surface area contributed by atoms with Crippen molar-refractivity contribution < 1.29 is 0 Å². The van der Waals surface area contributed by atoms with Crippen LogP contribution in [0.4, 0.5) is 5.69 Å². The molecule has 1 aromatic heterocycles. The molecule has 1 aliphatic heterocycles. The molecule has 0 amide bonds. The highest BCUT2D eigenvalue weighted by Crippen LogP contribution is 2.24. The first-order chi connectivity index (χ1) is 8.33. The summed E-state index contributed by atoms with van der Waals surface area (Å²) in [5.74, 6) is 0.687. The Kier molecular flexibility index (Phi) is 3.94. The first-order valence-corrected chi connectivity index (χ1v) is 6.14. The van der Waals surface area contributed by atoms with Gasteiger partial charge in [0.05, 0.1) is 0 Å². The van der Waals surface area contributed by atoms with Gasteiger partial charge in [0.2, 0.25) is 0 Å². The molecule has 2 rings (SSSR count). The Labute approximate surface area is 102 Å². The van der Waals surface area contributed by atoms with Crippen molar-refractivity contribution in [2.24, 2.45) is 11.7 Å². The number of aromatic nitrogens is 1. The molecule has 1 aromatic rings. The summed E-state index contributed by atoms with van der Waals surface area (Å²) in [7, 11) is 0. The van der Waals surface area contributed by atoms with Crippen LogP contribution in [0.1, 0.15) is 25.0 Å². The molecule has 0 radical (unpaired) electrons. The van der Waals surface area contributed by atoms with Crippen molar-refractivity contribution in [1.29, 1.82) is 5.26 Å². The predicted octanol–water partition coefficient (Wildman–Crippen LogP) is 1.52. The van der Waals surface area contributed by atoms with Crippen LogP contribution >= 0.6 is 0 Å². The summed E-state index contributed by atoms with van der Waals surface area (Å²) in [6.45, 7) is 2.88. The highest BCUT2D eigenvalue weighted by molar-refractivity contribution is 5.49. The number of nitriles is 1. The molecule has 17 heavy (non-hydrogen) atoms. The summed E-state index contributed by atoms with van der Waals surface area (Å²) < 4.78 is 0. The van der Waals surface area contributed by atoms with Crippen LogP contribution in [0.3, 0.4) is 0 Å². The van der Waals surface area contributed by atoms with Crippen LogP contribution in [0, 0.1) is 17.2 Å². The number of anilines is 1. The highest BCUT2D eigenvalue weighted by atomic mass is 15.1. The van der Waals surface area contributed by atoms with E-state index in [-0.39, 0.29) is 0 Å². The maximum atomic E-state index is 8.85. The molecule has 1 aliphatic rings. The molecule has 0 aromatic carbocycles. The lowest BCUT2D eigenvalue weighted by Crippen LogP contribution is -2.36. The van der Waals surface area contributed by atoms with E-state index in [0.29, 0.717) is 11.6 Å². The highest BCUT2D eigenvalue weighted by Gasteiger charge is 2.19. The Bertz CT molecular complexity index is 408. The Morgan fingerprint density at radius 3 is 3.24 bits per heavy atom. The van der Waals surface area contributed by atoms with Gasteiger partial charge in [-0.15, -0.1) is 0 Å². The topological polar surface area (TPSA) is 65.9 Å². The second-order valence-corrected chi connectivity index (χ2v) is 4.54. The minimum Gasteiger partial charge on any atom is -0.371 e. The summed E-state index contributed by atoms with van der Waals surface area (Å²) >= 11 is 0. The molecule has 90 valence electrons. The molecule has 1 unspecified atom stereocenters. The molecular formula is C13H18N4. The zero-order valence-corrected chi connectivity index (χ0v) is 9.97. The van der Waals surface area contributed by atoms with Gasteiger partial charge in [-0.05, 0) is 43.9 Å². The van der Waals surface area contributed by atoms with Gasteiger partial charge in [-0.3, -0.25) is 0 Å². The zero-order valence-electron chi connectivity index (χ0n) is 9.97. The van der Waals surface area contributed by atoms with Gasteiger partial charge in [0, 0.05) is 25.0 Å². The average molecular weight is 230 g/mol. The van der Waals surface area contributed by atoms with Crippen LogP contribution in [-0.2, 0) is 0 Å². The molecule has 0 aliphatic carbocycles. The maximum Gasteiger partial charge on any atom is 0.142 e. The first-order valence-electron chi connectivity index (χ1n) is 6.14. The van der Waals surface area contributed by atoms with Gasteiger partial charge in [-0.25, -0.2) is 4.98 Å². The number of nitrogens with two attached hydrogens (primary N) is 1. The minimum absolute atomic E-state index is 0.489. The molecule has 4 heteroatoms.